The van der Waals surface area contributed by atoms with Crippen molar-refractivity contribution in [2.45, 2.75) is 25.7 Å². The summed E-state index contributed by atoms with van der Waals surface area (Å²) in [5.74, 6) is 0.577. The predicted molar refractivity (Wildman–Crippen MR) is 69.6 cm³/mol. The third-order valence-corrected chi connectivity index (χ3v) is 3.41. The predicted octanol–water partition coefficient (Wildman–Crippen LogP) is 2.62. The Balaban J connectivity index is 2.03. The number of nitrogens with two attached hydrogens (primary N) is 1. The van der Waals surface area contributed by atoms with E-state index >= 15 is 0 Å². The normalized spacial score (nSPS) is 15.6. The van der Waals surface area contributed by atoms with Gasteiger partial charge in [-0.25, -0.2) is 4.79 Å². The smallest absolute Gasteiger partial charge is 0.344 e. The molecule has 0 saturated heterocycles. The fourth-order valence-electron chi connectivity index (χ4n) is 2.38. The van der Waals surface area contributed by atoms with Crippen LogP contribution in [-0.2, 0) is 4.74 Å². The standard InChI is InChI=1S/C14H19NO3/c1-17-12-8-4-7-11(15)13(12)14(16)18-9-10-5-2-3-6-10/h4,7-8,10H,2-3,5-6,9,15H2,1H3. The van der Waals surface area contributed by atoms with Crippen molar-refractivity contribution in [2.24, 2.45) is 5.92 Å². The lowest BCUT2D eigenvalue weighted by molar-refractivity contribution is 0.0440. The maximum atomic E-state index is 12.0. The lowest BCUT2D eigenvalue weighted by Crippen LogP contribution is -2.14. The molecule has 0 aromatic heterocycles. The van der Waals surface area contributed by atoms with Gasteiger partial charge in [-0.3, -0.25) is 0 Å². The Labute approximate surface area is 107 Å². The van der Waals surface area contributed by atoms with Gasteiger partial charge in [-0.1, -0.05) is 18.9 Å². The maximum absolute atomic E-state index is 12.0. The van der Waals surface area contributed by atoms with E-state index in [0.717, 1.165) is 12.8 Å². The van der Waals surface area contributed by atoms with Crippen molar-refractivity contribution >= 4 is 11.7 Å². The second-order valence-electron chi connectivity index (χ2n) is 4.67. The first kappa shape index (κ1) is 12.7. The van der Waals surface area contributed by atoms with Gasteiger partial charge >= 0.3 is 5.97 Å². The molecule has 18 heavy (non-hydrogen) atoms. The van der Waals surface area contributed by atoms with Crippen LogP contribution in [-0.4, -0.2) is 19.7 Å². The van der Waals surface area contributed by atoms with Crippen LogP contribution in [0.3, 0.4) is 0 Å². The molecule has 1 aliphatic rings. The van der Waals surface area contributed by atoms with E-state index in [-0.39, 0.29) is 0 Å². The number of ether oxygens (including phenoxy) is 2. The Morgan fingerprint density at radius 1 is 1.39 bits per heavy atom. The molecular formula is C14H19NO3. The van der Waals surface area contributed by atoms with E-state index in [1.54, 1.807) is 18.2 Å². The molecule has 1 aromatic rings. The zero-order valence-electron chi connectivity index (χ0n) is 10.6. The van der Waals surface area contributed by atoms with Crippen LogP contribution in [0.25, 0.3) is 0 Å². The molecule has 4 heteroatoms. The molecule has 1 saturated carbocycles. The third-order valence-electron chi connectivity index (χ3n) is 3.41. The zero-order chi connectivity index (χ0) is 13.0. The second kappa shape index (κ2) is 5.76. The van der Waals surface area contributed by atoms with Gasteiger partial charge in [0.2, 0.25) is 0 Å². The number of rotatable bonds is 4. The molecule has 0 amide bonds. The summed E-state index contributed by atoms with van der Waals surface area (Å²) in [6, 6.07) is 5.14. The van der Waals surface area contributed by atoms with E-state index in [9.17, 15) is 4.79 Å². The van der Waals surface area contributed by atoms with Gasteiger partial charge in [-0.2, -0.15) is 0 Å². The number of esters is 1. The Kier molecular flexibility index (Phi) is 4.07. The fourth-order valence-corrected chi connectivity index (χ4v) is 2.38. The highest BCUT2D eigenvalue weighted by molar-refractivity contribution is 5.98. The van der Waals surface area contributed by atoms with Crippen molar-refractivity contribution in [1.82, 2.24) is 0 Å². The summed E-state index contributed by atoms with van der Waals surface area (Å²) in [7, 11) is 1.52. The van der Waals surface area contributed by atoms with Crippen LogP contribution in [0.4, 0.5) is 5.69 Å². The van der Waals surface area contributed by atoms with Gasteiger partial charge in [0.1, 0.15) is 11.3 Å². The van der Waals surface area contributed by atoms with Crippen LogP contribution in [0.5, 0.6) is 5.75 Å². The number of benzene rings is 1. The summed E-state index contributed by atoms with van der Waals surface area (Å²) in [5.41, 5.74) is 6.53. The Hall–Kier alpha value is -1.71. The van der Waals surface area contributed by atoms with E-state index in [1.165, 1.54) is 20.0 Å². The number of anilines is 1. The fraction of sp³-hybridized carbons (Fsp3) is 0.500. The quantitative estimate of drug-likeness (QED) is 0.658. The SMILES string of the molecule is COc1cccc(N)c1C(=O)OCC1CCCC1. The molecule has 0 heterocycles. The molecule has 0 radical (unpaired) electrons. The number of hydrogen-bond acceptors (Lipinski definition) is 4. The van der Waals surface area contributed by atoms with Gasteiger partial charge in [0.25, 0.3) is 0 Å². The van der Waals surface area contributed by atoms with E-state index < -0.39 is 5.97 Å². The van der Waals surface area contributed by atoms with Gasteiger partial charge < -0.3 is 15.2 Å². The molecular weight excluding hydrogens is 230 g/mol. The average Bonchev–Trinajstić information content (AvgIpc) is 2.88. The number of carbonyl (C=O) groups is 1. The van der Waals surface area contributed by atoms with Gasteiger partial charge in [0, 0.05) is 5.69 Å². The lowest BCUT2D eigenvalue weighted by atomic mass is 10.1. The first-order chi connectivity index (χ1) is 8.72. The Morgan fingerprint density at radius 2 is 2.11 bits per heavy atom. The summed E-state index contributed by atoms with van der Waals surface area (Å²) in [4.78, 5) is 12.0. The number of hydrogen-bond donors (Lipinski definition) is 1. The van der Waals surface area contributed by atoms with Crippen LogP contribution in [0.1, 0.15) is 36.0 Å². The minimum atomic E-state index is -0.392. The molecule has 1 aromatic carbocycles. The van der Waals surface area contributed by atoms with E-state index in [1.807, 2.05) is 0 Å². The van der Waals surface area contributed by atoms with Crippen molar-refractivity contribution in [1.29, 1.82) is 0 Å². The van der Waals surface area contributed by atoms with Crippen LogP contribution in [0.2, 0.25) is 0 Å². The lowest BCUT2D eigenvalue weighted by Gasteiger charge is -2.13. The minimum absolute atomic E-state index is 0.331. The summed E-state index contributed by atoms with van der Waals surface area (Å²) < 4.78 is 10.5. The van der Waals surface area contributed by atoms with Gasteiger partial charge in [0.05, 0.1) is 13.7 Å². The summed E-state index contributed by atoms with van der Waals surface area (Å²) >= 11 is 0. The highest BCUT2D eigenvalue weighted by atomic mass is 16.5. The first-order valence-electron chi connectivity index (χ1n) is 6.32. The maximum Gasteiger partial charge on any atom is 0.344 e. The summed E-state index contributed by atoms with van der Waals surface area (Å²) in [6.07, 6.45) is 4.77. The Bertz CT molecular complexity index is 425. The van der Waals surface area contributed by atoms with E-state index in [0.29, 0.717) is 29.5 Å². The molecule has 2 rings (SSSR count). The van der Waals surface area contributed by atoms with Crippen LogP contribution < -0.4 is 10.5 Å². The largest absolute Gasteiger partial charge is 0.496 e. The molecule has 0 aliphatic heterocycles. The molecule has 2 N–H and O–H groups in total. The summed E-state index contributed by atoms with van der Waals surface area (Å²) in [5, 5.41) is 0. The van der Waals surface area contributed by atoms with Gasteiger partial charge in [-0.15, -0.1) is 0 Å². The topological polar surface area (TPSA) is 61.5 Å². The molecule has 0 spiro atoms. The Morgan fingerprint density at radius 3 is 2.78 bits per heavy atom. The van der Waals surface area contributed by atoms with E-state index in [4.69, 9.17) is 15.2 Å². The zero-order valence-corrected chi connectivity index (χ0v) is 10.6. The van der Waals surface area contributed by atoms with Crippen molar-refractivity contribution in [2.75, 3.05) is 19.5 Å². The van der Waals surface area contributed by atoms with Crippen LogP contribution in [0.15, 0.2) is 18.2 Å². The molecule has 0 atom stereocenters. The van der Waals surface area contributed by atoms with Crippen molar-refractivity contribution in [3.63, 3.8) is 0 Å². The van der Waals surface area contributed by atoms with Gasteiger partial charge in [0.15, 0.2) is 0 Å². The van der Waals surface area contributed by atoms with E-state index in [2.05, 4.69) is 0 Å². The number of carbonyl (C=O) groups excluding carboxylic acids is 1. The van der Waals surface area contributed by atoms with Crippen molar-refractivity contribution in [3.05, 3.63) is 23.8 Å². The third kappa shape index (κ3) is 2.75. The second-order valence-corrected chi connectivity index (χ2v) is 4.67. The summed E-state index contributed by atoms with van der Waals surface area (Å²) in [6.45, 7) is 0.482. The molecule has 1 aliphatic carbocycles. The van der Waals surface area contributed by atoms with Crippen LogP contribution in [0, 0.1) is 5.92 Å². The molecule has 4 nitrogen and oxygen atoms in total. The number of methoxy groups -OCH3 is 1. The van der Waals surface area contributed by atoms with Gasteiger partial charge in [-0.05, 0) is 30.9 Å². The molecule has 98 valence electrons. The molecule has 1 fully saturated rings. The molecule has 0 unspecified atom stereocenters. The monoisotopic (exact) mass is 249 g/mol. The van der Waals surface area contributed by atoms with Crippen molar-refractivity contribution in [3.8, 4) is 5.75 Å². The number of nitrogen functional groups attached to an aromatic ring is 1. The molecule has 0 bridgehead atoms. The average molecular weight is 249 g/mol. The highest BCUT2D eigenvalue weighted by Crippen LogP contribution is 2.27. The van der Waals surface area contributed by atoms with Crippen LogP contribution >= 0.6 is 0 Å². The minimum Gasteiger partial charge on any atom is -0.496 e. The first-order valence-corrected chi connectivity index (χ1v) is 6.32. The van der Waals surface area contributed by atoms with Crippen molar-refractivity contribution < 1.29 is 14.3 Å². The highest BCUT2D eigenvalue weighted by Gasteiger charge is 2.21.